The van der Waals surface area contributed by atoms with E-state index in [1.807, 2.05) is 33.9 Å². The van der Waals surface area contributed by atoms with Gasteiger partial charge in [0.15, 0.2) is 0 Å². The third-order valence-electron chi connectivity index (χ3n) is 2.96. The molecule has 1 rings (SSSR count). The third-order valence-corrected chi connectivity index (χ3v) is 4.55. The van der Waals surface area contributed by atoms with Crippen molar-refractivity contribution in [1.29, 1.82) is 0 Å². The minimum absolute atomic E-state index is 0.0488. The van der Waals surface area contributed by atoms with Crippen LogP contribution in [0.3, 0.4) is 0 Å². The SMILES string of the molecule is CCC(C)NS(=O)(=O)c1ccc(CNC)c(C)c1. The van der Waals surface area contributed by atoms with Crippen molar-refractivity contribution in [3.8, 4) is 0 Å². The first-order chi connectivity index (χ1) is 8.40. The molecule has 0 radical (unpaired) electrons. The minimum Gasteiger partial charge on any atom is -0.316 e. The number of aryl methyl sites for hydroxylation is 1. The Kier molecular flexibility index (Phi) is 5.31. The maximum absolute atomic E-state index is 12.1. The largest absolute Gasteiger partial charge is 0.316 e. The summed E-state index contributed by atoms with van der Waals surface area (Å²) < 4.78 is 26.8. The predicted molar refractivity (Wildman–Crippen MR) is 74.0 cm³/mol. The van der Waals surface area contributed by atoms with Gasteiger partial charge < -0.3 is 5.32 Å². The number of nitrogens with one attached hydrogen (secondary N) is 2. The molecule has 1 atom stereocenters. The molecule has 0 aliphatic heterocycles. The van der Waals surface area contributed by atoms with Gasteiger partial charge in [-0.1, -0.05) is 13.0 Å². The molecule has 0 amide bonds. The van der Waals surface area contributed by atoms with Crippen LogP contribution in [0.2, 0.25) is 0 Å². The molecule has 1 aromatic carbocycles. The van der Waals surface area contributed by atoms with Gasteiger partial charge in [0.25, 0.3) is 0 Å². The Morgan fingerprint density at radius 2 is 2.00 bits per heavy atom. The maximum atomic E-state index is 12.1. The molecule has 0 saturated carbocycles. The van der Waals surface area contributed by atoms with Crippen molar-refractivity contribution in [1.82, 2.24) is 10.0 Å². The summed E-state index contributed by atoms with van der Waals surface area (Å²) in [5, 5.41) is 3.06. The van der Waals surface area contributed by atoms with E-state index in [4.69, 9.17) is 0 Å². The van der Waals surface area contributed by atoms with Gasteiger partial charge in [-0.25, -0.2) is 13.1 Å². The smallest absolute Gasteiger partial charge is 0.240 e. The monoisotopic (exact) mass is 270 g/mol. The van der Waals surface area contributed by atoms with Crippen LogP contribution in [0.4, 0.5) is 0 Å². The molecule has 0 aromatic heterocycles. The van der Waals surface area contributed by atoms with Crippen LogP contribution < -0.4 is 10.0 Å². The summed E-state index contributed by atoms with van der Waals surface area (Å²) in [7, 11) is -1.53. The van der Waals surface area contributed by atoms with E-state index in [2.05, 4.69) is 10.0 Å². The van der Waals surface area contributed by atoms with Crippen LogP contribution in [0.1, 0.15) is 31.4 Å². The lowest BCUT2D eigenvalue weighted by Gasteiger charge is -2.13. The normalized spacial score (nSPS) is 13.6. The molecule has 0 aliphatic carbocycles. The van der Waals surface area contributed by atoms with Crippen molar-refractivity contribution in [2.75, 3.05) is 7.05 Å². The van der Waals surface area contributed by atoms with Crippen LogP contribution in [0, 0.1) is 6.92 Å². The molecule has 1 unspecified atom stereocenters. The highest BCUT2D eigenvalue weighted by molar-refractivity contribution is 7.89. The van der Waals surface area contributed by atoms with Crippen molar-refractivity contribution in [2.24, 2.45) is 0 Å². The topological polar surface area (TPSA) is 58.2 Å². The Labute approximate surface area is 110 Å². The fourth-order valence-electron chi connectivity index (χ4n) is 1.64. The molecule has 0 fully saturated rings. The number of sulfonamides is 1. The van der Waals surface area contributed by atoms with Crippen LogP contribution in [-0.4, -0.2) is 21.5 Å². The van der Waals surface area contributed by atoms with E-state index >= 15 is 0 Å². The maximum Gasteiger partial charge on any atom is 0.240 e. The summed E-state index contributed by atoms with van der Waals surface area (Å²) in [5.41, 5.74) is 2.09. The number of rotatable bonds is 6. The minimum atomic E-state index is -3.40. The highest BCUT2D eigenvalue weighted by atomic mass is 32.2. The molecule has 5 heteroatoms. The quantitative estimate of drug-likeness (QED) is 0.828. The molecule has 0 spiro atoms. The average Bonchev–Trinajstić information content (AvgIpc) is 2.31. The van der Waals surface area contributed by atoms with E-state index < -0.39 is 10.0 Å². The summed E-state index contributed by atoms with van der Waals surface area (Å²) in [6.07, 6.45) is 0.774. The Morgan fingerprint density at radius 1 is 1.33 bits per heavy atom. The summed E-state index contributed by atoms with van der Waals surface area (Å²) >= 11 is 0. The molecule has 0 saturated heterocycles. The zero-order chi connectivity index (χ0) is 13.8. The molecular weight excluding hydrogens is 248 g/mol. The van der Waals surface area contributed by atoms with E-state index in [1.54, 1.807) is 12.1 Å². The van der Waals surface area contributed by atoms with Crippen molar-refractivity contribution < 1.29 is 8.42 Å². The van der Waals surface area contributed by atoms with Crippen LogP contribution in [0.25, 0.3) is 0 Å². The Morgan fingerprint density at radius 3 is 2.50 bits per heavy atom. The molecule has 102 valence electrons. The highest BCUT2D eigenvalue weighted by Gasteiger charge is 2.17. The van der Waals surface area contributed by atoms with Crippen molar-refractivity contribution in [3.63, 3.8) is 0 Å². The molecule has 0 aliphatic rings. The second kappa shape index (κ2) is 6.31. The van der Waals surface area contributed by atoms with Crippen molar-refractivity contribution in [3.05, 3.63) is 29.3 Å². The molecule has 0 heterocycles. The third kappa shape index (κ3) is 3.80. The molecule has 1 aromatic rings. The summed E-state index contributed by atoms with van der Waals surface area (Å²) in [6.45, 7) is 6.48. The van der Waals surface area contributed by atoms with Gasteiger partial charge in [0.05, 0.1) is 4.90 Å². The van der Waals surface area contributed by atoms with Crippen LogP contribution >= 0.6 is 0 Å². The number of hydrogen-bond donors (Lipinski definition) is 2. The zero-order valence-corrected chi connectivity index (χ0v) is 12.3. The first-order valence-electron chi connectivity index (χ1n) is 6.17. The van der Waals surface area contributed by atoms with Crippen molar-refractivity contribution >= 4 is 10.0 Å². The average molecular weight is 270 g/mol. The Bertz CT molecular complexity index is 498. The van der Waals surface area contributed by atoms with Crippen LogP contribution in [0.15, 0.2) is 23.1 Å². The van der Waals surface area contributed by atoms with Crippen LogP contribution in [-0.2, 0) is 16.6 Å². The molecule has 18 heavy (non-hydrogen) atoms. The van der Waals surface area contributed by atoms with E-state index in [0.717, 1.165) is 24.1 Å². The Balaban J connectivity index is 3.00. The highest BCUT2D eigenvalue weighted by Crippen LogP contribution is 2.16. The zero-order valence-electron chi connectivity index (χ0n) is 11.4. The number of benzene rings is 1. The van der Waals surface area contributed by atoms with E-state index in [1.165, 1.54) is 0 Å². The van der Waals surface area contributed by atoms with Crippen molar-refractivity contribution in [2.45, 2.75) is 44.7 Å². The summed E-state index contributed by atoms with van der Waals surface area (Å²) in [6, 6.07) is 5.19. The van der Waals surface area contributed by atoms with E-state index in [0.29, 0.717) is 4.90 Å². The van der Waals surface area contributed by atoms with E-state index in [-0.39, 0.29) is 6.04 Å². The van der Waals surface area contributed by atoms with Gasteiger partial charge in [0, 0.05) is 12.6 Å². The standard InChI is InChI=1S/C13H22N2O2S/c1-5-11(3)15-18(16,17)13-7-6-12(9-14-4)10(2)8-13/h6-8,11,14-15H,5,9H2,1-4H3. The Hall–Kier alpha value is -0.910. The first kappa shape index (κ1) is 15.1. The lowest BCUT2D eigenvalue weighted by molar-refractivity contribution is 0.555. The van der Waals surface area contributed by atoms with E-state index in [9.17, 15) is 8.42 Å². The number of hydrogen-bond acceptors (Lipinski definition) is 3. The first-order valence-corrected chi connectivity index (χ1v) is 7.65. The fourth-order valence-corrected chi connectivity index (χ4v) is 3.05. The second-order valence-corrected chi connectivity index (χ2v) is 6.26. The molecule has 0 bridgehead atoms. The fraction of sp³-hybridized carbons (Fsp3) is 0.538. The lowest BCUT2D eigenvalue weighted by Crippen LogP contribution is -2.32. The molecular formula is C13H22N2O2S. The van der Waals surface area contributed by atoms with Gasteiger partial charge in [0.1, 0.15) is 0 Å². The van der Waals surface area contributed by atoms with Gasteiger partial charge in [0.2, 0.25) is 10.0 Å². The summed E-state index contributed by atoms with van der Waals surface area (Å²) in [4.78, 5) is 0.333. The van der Waals surface area contributed by atoms with Gasteiger partial charge in [-0.15, -0.1) is 0 Å². The molecule has 2 N–H and O–H groups in total. The van der Waals surface area contributed by atoms with Gasteiger partial charge in [-0.3, -0.25) is 0 Å². The second-order valence-electron chi connectivity index (χ2n) is 4.55. The summed E-state index contributed by atoms with van der Waals surface area (Å²) in [5.74, 6) is 0. The molecule has 4 nitrogen and oxygen atoms in total. The van der Waals surface area contributed by atoms with Gasteiger partial charge in [-0.2, -0.15) is 0 Å². The van der Waals surface area contributed by atoms with Crippen LogP contribution in [0.5, 0.6) is 0 Å². The predicted octanol–water partition coefficient (Wildman–Crippen LogP) is 1.79. The lowest BCUT2D eigenvalue weighted by atomic mass is 10.1. The van der Waals surface area contributed by atoms with Gasteiger partial charge >= 0.3 is 0 Å². The van der Waals surface area contributed by atoms with Gasteiger partial charge in [-0.05, 0) is 50.6 Å².